The summed E-state index contributed by atoms with van der Waals surface area (Å²) in [5.74, 6) is -0.713. The number of aliphatic hydroxyl groups is 1. The van der Waals surface area contributed by atoms with Crippen molar-refractivity contribution in [1.82, 2.24) is 9.97 Å². The van der Waals surface area contributed by atoms with Crippen LogP contribution >= 0.6 is 0 Å². The number of hydrogen-bond donors (Lipinski definition) is 3. The Bertz CT molecular complexity index is 1080. The molecule has 2 aromatic heterocycles. The van der Waals surface area contributed by atoms with Crippen molar-refractivity contribution in [3.63, 3.8) is 0 Å². The number of rotatable bonds is 4. The number of hydrogen-bond acceptors (Lipinski definition) is 4. The van der Waals surface area contributed by atoms with E-state index in [4.69, 9.17) is 0 Å². The molecular formula is C19H16F3N3O3. The molecule has 28 heavy (non-hydrogen) atoms. The summed E-state index contributed by atoms with van der Waals surface area (Å²) in [4.78, 5) is 32.0. The molecule has 3 aromatic rings. The number of nitrogens with one attached hydrogen (secondary N) is 2. The van der Waals surface area contributed by atoms with Crippen molar-refractivity contribution in [3.8, 4) is 0 Å². The molecule has 0 aliphatic heterocycles. The molecule has 0 aliphatic carbocycles. The Morgan fingerprint density at radius 3 is 2.61 bits per heavy atom. The Labute approximate surface area is 157 Å². The average Bonchev–Trinajstić information content (AvgIpc) is 2.66. The van der Waals surface area contributed by atoms with Crippen molar-refractivity contribution < 1.29 is 23.1 Å². The van der Waals surface area contributed by atoms with Gasteiger partial charge in [-0.25, -0.2) is 4.98 Å². The molecule has 1 aromatic carbocycles. The highest BCUT2D eigenvalue weighted by Gasteiger charge is 2.34. The number of halogens is 3. The van der Waals surface area contributed by atoms with Gasteiger partial charge in [0.05, 0.1) is 22.9 Å². The van der Waals surface area contributed by atoms with Crippen LogP contribution < -0.4 is 10.7 Å². The van der Waals surface area contributed by atoms with Gasteiger partial charge in [0.15, 0.2) is 0 Å². The summed E-state index contributed by atoms with van der Waals surface area (Å²) in [6.45, 7) is 1.57. The highest BCUT2D eigenvalue weighted by molar-refractivity contribution is 6.06. The molecular weight excluding hydrogens is 375 g/mol. The van der Waals surface area contributed by atoms with E-state index in [2.05, 4.69) is 15.3 Å². The fraction of sp³-hybridized carbons (Fsp3) is 0.211. The molecule has 0 saturated heterocycles. The van der Waals surface area contributed by atoms with Gasteiger partial charge in [-0.3, -0.25) is 9.59 Å². The maximum Gasteiger partial charge on any atom is 0.418 e. The molecule has 9 heteroatoms. The van der Waals surface area contributed by atoms with Gasteiger partial charge >= 0.3 is 6.18 Å². The predicted octanol–water partition coefficient (Wildman–Crippen LogP) is 3.64. The van der Waals surface area contributed by atoms with Crippen LogP contribution in [-0.4, -0.2) is 21.0 Å². The SMILES string of the molecule is CCC(O)c1[nH]c2c(C(F)(F)F)cccc2c(=O)c1C(=O)Nc1ccccn1. The lowest BCUT2D eigenvalue weighted by molar-refractivity contribution is -0.136. The largest absolute Gasteiger partial charge is 0.418 e. The summed E-state index contributed by atoms with van der Waals surface area (Å²) in [5, 5.41) is 12.4. The van der Waals surface area contributed by atoms with Crippen LogP contribution in [0.2, 0.25) is 0 Å². The van der Waals surface area contributed by atoms with Gasteiger partial charge in [-0.05, 0) is 30.7 Å². The Morgan fingerprint density at radius 1 is 1.25 bits per heavy atom. The standard InChI is InChI=1S/C19H16F3N3O3/c1-2-12(26)16-14(18(28)24-13-8-3-4-9-23-13)17(27)10-6-5-7-11(15(10)25-16)19(20,21)22/h3-9,12,26H,2H2,1H3,(H,25,27)(H,23,24,28). The van der Waals surface area contributed by atoms with Gasteiger partial charge in [-0.15, -0.1) is 0 Å². The first-order valence-corrected chi connectivity index (χ1v) is 8.40. The third kappa shape index (κ3) is 3.61. The van der Waals surface area contributed by atoms with Crippen LogP contribution in [0.5, 0.6) is 0 Å². The van der Waals surface area contributed by atoms with Gasteiger partial charge < -0.3 is 15.4 Å². The maximum absolute atomic E-state index is 13.3. The number of nitrogens with zero attached hydrogens (tertiary/aromatic N) is 1. The second kappa shape index (κ2) is 7.43. The minimum absolute atomic E-state index is 0.0828. The summed E-state index contributed by atoms with van der Waals surface area (Å²) < 4.78 is 40.0. The molecule has 1 atom stereocenters. The van der Waals surface area contributed by atoms with Crippen LogP contribution in [0.4, 0.5) is 19.0 Å². The third-order valence-corrected chi connectivity index (χ3v) is 4.22. The number of amides is 1. The zero-order valence-corrected chi connectivity index (χ0v) is 14.7. The van der Waals surface area contributed by atoms with Crippen LogP contribution in [0, 0.1) is 0 Å². The number of carbonyl (C=O) groups excluding carboxylic acids is 1. The summed E-state index contributed by atoms with van der Waals surface area (Å²) in [5.41, 5.74) is -3.16. The van der Waals surface area contributed by atoms with E-state index in [1.165, 1.54) is 18.3 Å². The van der Waals surface area contributed by atoms with E-state index in [0.717, 1.165) is 12.1 Å². The molecule has 146 valence electrons. The number of H-pyrrole nitrogens is 1. The fourth-order valence-corrected chi connectivity index (χ4v) is 2.86. The van der Waals surface area contributed by atoms with Crippen molar-refractivity contribution in [2.75, 3.05) is 5.32 Å². The molecule has 0 aliphatic rings. The zero-order chi connectivity index (χ0) is 20.5. The van der Waals surface area contributed by atoms with Crippen LogP contribution in [0.1, 0.15) is 41.1 Å². The molecule has 0 saturated carbocycles. The Morgan fingerprint density at radius 2 is 2.00 bits per heavy atom. The summed E-state index contributed by atoms with van der Waals surface area (Å²) in [6.07, 6.45) is -4.53. The first kappa shape index (κ1) is 19.6. The Kier molecular flexibility index (Phi) is 5.19. The van der Waals surface area contributed by atoms with Crippen molar-refractivity contribution >= 4 is 22.6 Å². The lowest BCUT2D eigenvalue weighted by Gasteiger charge is -2.17. The Hall–Kier alpha value is -3.20. The number of aromatic amines is 1. The van der Waals surface area contributed by atoms with E-state index in [1.54, 1.807) is 19.1 Å². The molecule has 1 amide bonds. The number of fused-ring (bicyclic) bond motifs is 1. The number of carbonyl (C=O) groups is 1. The van der Waals surface area contributed by atoms with Gasteiger partial charge in [-0.1, -0.05) is 19.1 Å². The van der Waals surface area contributed by atoms with E-state index < -0.39 is 40.3 Å². The number of para-hydroxylation sites is 1. The number of pyridine rings is 2. The molecule has 6 nitrogen and oxygen atoms in total. The van der Waals surface area contributed by atoms with Gasteiger partial charge in [0.2, 0.25) is 5.43 Å². The van der Waals surface area contributed by atoms with Crippen molar-refractivity contribution in [1.29, 1.82) is 0 Å². The van der Waals surface area contributed by atoms with Gasteiger partial charge in [0.1, 0.15) is 11.4 Å². The third-order valence-electron chi connectivity index (χ3n) is 4.22. The molecule has 0 bridgehead atoms. The summed E-state index contributed by atoms with van der Waals surface area (Å²) in [7, 11) is 0. The number of aliphatic hydroxyl groups excluding tert-OH is 1. The molecule has 3 rings (SSSR count). The van der Waals surface area contributed by atoms with E-state index >= 15 is 0 Å². The lowest BCUT2D eigenvalue weighted by Crippen LogP contribution is -2.27. The molecule has 2 heterocycles. The van der Waals surface area contributed by atoms with Crippen molar-refractivity contribution in [2.24, 2.45) is 0 Å². The fourth-order valence-electron chi connectivity index (χ4n) is 2.86. The first-order chi connectivity index (χ1) is 13.2. The van der Waals surface area contributed by atoms with Crippen molar-refractivity contribution in [3.05, 3.63) is 69.6 Å². The predicted molar refractivity (Wildman–Crippen MR) is 97.0 cm³/mol. The molecule has 1 unspecified atom stereocenters. The van der Waals surface area contributed by atoms with E-state index in [1.807, 2.05) is 0 Å². The highest BCUT2D eigenvalue weighted by atomic mass is 19.4. The summed E-state index contributed by atoms with van der Waals surface area (Å²) >= 11 is 0. The normalized spacial score (nSPS) is 12.8. The van der Waals surface area contributed by atoms with Crippen LogP contribution in [-0.2, 0) is 6.18 Å². The minimum Gasteiger partial charge on any atom is -0.387 e. The quantitative estimate of drug-likeness (QED) is 0.633. The van der Waals surface area contributed by atoms with Gasteiger partial charge in [-0.2, -0.15) is 13.2 Å². The van der Waals surface area contributed by atoms with Crippen molar-refractivity contribution in [2.45, 2.75) is 25.6 Å². The van der Waals surface area contributed by atoms with Crippen LogP contribution in [0.15, 0.2) is 47.4 Å². The summed E-state index contributed by atoms with van der Waals surface area (Å²) in [6, 6.07) is 7.85. The van der Waals surface area contributed by atoms with Crippen LogP contribution in [0.3, 0.4) is 0 Å². The van der Waals surface area contributed by atoms with Crippen LogP contribution in [0.25, 0.3) is 10.9 Å². The zero-order valence-electron chi connectivity index (χ0n) is 14.7. The van der Waals surface area contributed by atoms with Gasteiger partial charge in [0.25, 0.3) is 5.91 Å². The molecule has 3 N–H and O–H groups in total. The second-order valence-electron chi connectivity index (χ2n) is 6.06. The average molecular weight is 391 g/mol. The van der Waals surface area contributed by atoms with E-state index in [0.29, 0.717) is 0 Å². The number of anilines is 1. The first-order valence-electron chi connectivity index (χ1n) is 8.40. The lowest BCUT2D eigenvalue weighted by atomic mass is 10.0. The van der Waals surface area contributed by atoms with Gasteiger partial charge in [0, 0.05) is 11.6 Å². The monoisotopic (exact) mass is 391 g/mol. The second-order valence-corrected chi connectivity index (χ2v) is 6.06. The van der Waals surface area contributed by atoms with E-state index in [9.17, 15) is 27.9 Å². The molecule has 0 fully saturated rings. The highest BCUT2D eigenvalue weighted by Crippen LogP contribution is 2.34. The number of alkyl halides is 3. The van der Waals surface area contributed by atoms with E-state index in [-0.39, 0.29) is 23.3 Å². The number of aromatic nitrogens is 2. The maximum atomic E-state index is 13.3. The molecule has 0 radical (unpaired) electrons. The Balaban J connectivity index is 2.25. The minimum atomic E-state index is -4.71. The number of benzene rings is 1. The topological polar surface area (TPSA) is 95.1 Å². The smallest absolute Gasteiger partial charge is 0.387 e. The molecule has 0 spiro atoms.